The van der Waals surface area contributed by atoms with E-state index in [9.17, 15) is 9.90 Å². The van der Waals surface area contributed by atoms with Gasteiger partial charge in [-0.3, -0.25) is 4.79 Å². The molecule has 0 saturated carbocycles. The first-order chi connectivity index (χ1) is 13.5. The molecule has 0 aromatic heterocycles. The smallest absolute Gasteiger partial charge is 0.226 e. The Morgan fingerprint density at radius 3 is 2.14 bits per heavy atom. The summed E-state index contributed by atoms with van der Waals surface area (Å²) in [6.45, 7) is 6.30. The van der Waals surface area contributed by atoms with Crippen molar-refractivity contribution in [3.8, 4) is 0 Å². The first kappa shape index (κ1) is 22.2. The summed E-state index contributed by atoms with van der Waals surface area (Å²) >= 11 is 0. The van der Waals surface area contributed by atoms with Gasteiger partial charge in [-0.15, -0.1) is 0 Å². The molecule has 0 aliphatic rings. The zero-order valence-corrected chi connectivity index (χ0v) is 17.7. The molecule has 3 heteroatoms. The van der Waals surface area contributed by atoms with Gasteiger partial charge < -0.3 is 10.0 Å². The lowest BCUT2D eigenvalue weighted by atomic mass is 9.83. The molecule has 0 saturated heterocycles. The predicted molar refractivity (Wildman–Crippen MR) is 116 cm³/mol. The number of unbranched alkanes of at least 4 members (excludes halogenated alkanes) is 1. The van der Waals surface area contributed by atoms with Gasteiger partial charge in [-0.2, -0.15) is 0 Å². The molecule has 0 heterocycles. The van der Waals surface area contributed by atoms with Gasteiger partial charge in [0.05, 0.1) is 12.1 Å². The van der Waals surface area contributed by atoms with Crippen LogP contribution in [0.4, 0.5) is 0 Å². The molecule has 0 aliphatic carbocycles. The van der Waals surface area contributed by atoms with Crippen LogP contribution in [-0.4, -0.2) is 29.0 Å². The number of hydrogen-bond donors (Lipinski definition) is 1. The van der Waals surface area contributed by atoms with Crippen LogP contribution in [0.25, 0.3) is 0 Å². The number of nitrogens with zero attached hydrogens (tertiary/aromatic N) is 1. The van der Waals surface area contributed by atoms with E-state index in [1.54, 1.807) is 4.90 Å². The number of aliphatic hydroxyl groups is 1. The van der Waals surface area contributed by atoms with E-state index in [0.29, 0.717) is 5.92 Å². The van der Waals surface area contributed by atoms with Gasteiger partial charge >= 0.3 is 0 Å². The SMILES string of the molecule is CCCC[C@H](C)[C@H](Cc1ccccc1)C(=O)N(C)[C@@H](C)[C@@H](O)c1ccccc1. The van der Waals surface area contributed by atoms with Crippen molar-refractivity contribution in [3.63, 3.8) is 0 Å². The summed E-state index contributed by atoms with van der Waals surface area (Å²) in [6.07, 6.45) is 3.35. The first-order valence-corrected chi connectivity index (χ1v) is 10.5. The summed E-state index contributed by atoms with van der Waals surface area (Å²) in [4.78, 5) is 15.2. The van der Waals surface area contributed by atoms with Crippen molar-refractivity contribution in [2.24, 2.45) is 11.8 Å². The molecule has 2 rings (SSSR count). The van der Waals surface area contributed by atoms with Crippen LogP contribution in [0.5, 0.6) is 0 Å². The fourth-order valence-electron chi connectivity index (χ4n) is 3.73. The van der Waals surface area contributed by atoms with Crippen LogP contribution in [0.1, 0.15) is 57.3 Å². The molecule has 0 spiro atoms. The Morgan fingerprint density at radius 1 is 1.00 bits per heavy atom. The van der Waals surface area contributed by atoms with Gasteiger partial charge in [0.15, 0.2) is 0 Å². The number of hydrogen-bond acceptors (Lipinski definition) is 2. The van der Waals surface area contributed by atoms with Crippen molar-refractivity contribution in [2.75, 3.05) is 7.05 Å². The molecule has 1 N–H and O–H groups in total. The lowest BCUT2D eigenvalue weighted by Gasteiger charge is -2.34. The van der Waals surface area contributed by atoms with Crippen molar-refractivity contribution >= 4 is 5.91 Å². The summed E-state index contributed by atoms with van der Waals surface area (Å²) in [5.41, 5.74) is 2.03. The maximum atomic E-state index is 13.4. The van der Waals surface area contributed by atoms with Crippen molar-refractivity contribution in [1.29, 1.82) is 0 Å². The molecule has 0 bridgehead atoms. The third kappa shape index (κ3) is 5.93. The van der Waals surface area contributed by atoms with Crippen LogP contribution >= 0.6 is 0 Å². The van der Waals surface area contributed by atoms with Crippen LogP contribution in [0.3, 0.4) is 0 Å². The maximum absolute atomic E-state index is 13.4. The number of carbonyl (C=O) groups excluding carboxylic acids is 1. The molecular formula is C25H35NO2. The maximum Gasteiger partial charge on any atom is 0.226 e. The van der Waals surface area contributed by atoms with Crippen LogP contribution in [0, 0.1) is 11.8 Å². The monoisotopic (exact) mass is 381 g/mol. The van der Waals surface area contributed by atoms with E-state index in [0.717, 1.165) is 31.2 Å². The second kappa shape index (κ2) is 11.0. The van der Waals surface area contributed by atoms with Crippen molar-refractivity contribution < 1.29 is 9.90 Å². The van der Waals surface area contributed by atoms with E-state index in [1.165, 1.54) is 5.56 Å². The fourth-order valence-corrected chi connectivity index (χ4v) is 3.73. The van der Waals surface area contributed by atoms with E-state index >= 15 is 0 Å². The molecule has 0 unspecified atom stereocenters. The number of carbonyl (C=O) groups is 1. The molecule has 4 atom stereocenters. The third-order valence-electron chi connectivity index (χ3n) is 5.87. The van der Waals surface area contributed by atoms with Gasteiger partial charge in [0.1, 0.15) is 0 Å². The summed E-state index contributed by atoms with van der Waals surface area (Å²) < 4.78 is 0. The van der Waals surface area contributed by atoms with E-state index in [4.69, 9.17) is 0 Å². The Bertz CT molecular complexity index is 701. The molecule has 0 aliphatic heterocycles. The Morgan fingerprint density at radius 2 is 1.57 bits per heavy atom. The van der Waals surface area contributed by atoms with Crippen LogP contribution in [0.2, 0.25) is 0 Å². The standard InChI is InChI=1S/C25H35NO2/c1-5-6-13-19(2)23(18-21-14-9-7-10-15-21)25(28)26(4)20(3)24(27)22-16-11-8-12-17-22/h7-12,14-17,19-20,23-24,27H,5-6,13,18H2,1-4H3/t19-,20-,23-,24+/m0/s1. The highest BCUT2D eigenvalue weighted by molar-refractivity contribution is 5.79. The molecule has 152 valence electrons. The molecule has 28 heavy (non-hydrogen) atoms. The summed E-state index contributed by atoms with van der Waals surface area (Å²) in [7, 11) is 1.82. The molecule has 0 fully saturated rings. The van der Waals surface area contributed by atoms with Crippen molar-refractivity contribution in [2.45, 2.75) is 58.6 Å². The molecule has 2 aromatic carbocycles. The zero-order valence-electron chi connectivity index (χ0n) is 17.7. The molecule has 0 radical (unpaired) electrons. The molecular weight excluding hydrogens is 346 g/mol. The Kier molecular flexibility index (Phi) is 8.72. The van der Waals surface area contributed by atoms with Crippen molar-refractivity contribution in [1.82, 2.24) is 4.90 Å². The quantitative estimate of drug-likeness (QED) is 0.610. The first-order valence-electron chi connectivity index (χ1n) is 10.5. The zero-order chi connectivity index (χ0) is 20.5. The number of benzene rings is 2. The second-order valence-electron chi connectivity index (χ2n) is 7.96. The van der Waals surface area contributed by atoms with Crippen LogP contribution in [0.15, 0.2) is 60.7 Å². The van der Waals surface area contributed by atoms with Crippen molar-refractivity contribution in [3.05, 3.63) is 71.8 Å². The molecule has 3 nitrogen and oxygen atoms in total. The summed E-state index contributed by atoms with van der Waals surface area (Å²) in [5.74, 6) is 0.343. The Balaban J connectivity index is 2.16. The number of aliphatic hydroxyl groups excluding tert-OH is 1. The Hall–Kier alpha value is -2.13. The van der Waals surface area contributed by atoms with Gasteiger partial charge in [-0.1, -0.05) is 87.4 Å². The lowest BCUT2D eigenvalue weighted by Crippen LogP contribution is -2.44. The fraction of sp³-hybridized carbons (Fsp3) is 0.480. The minimum Gasteiger partial charge on any atom is -0.386 e. The van der Waals surface area contributed by atoms with Gasteiger partial charge in [-0.05, 0) is 36.8 Å². The molecule has 1 amide bonds. The average Bonchev–Trinajstić information content (AvgIpc) is 2.75. The normalized spacial score (nSPS) is 15.5. The highest BCUT2D eigenvalue weighted by atomic mass is 16.3. The van der Waals surface area contributed by atoms with Crippen LogP contribution in [-0.2, 0) is 11.2 Å². The number of amides is 1. The van der Waals surface area contributed by atoms with E-state index < -0.39 is 6.10 Å². The van der Waals surface area contributed by atoms with E-state index in [-0.39, 0.29) is 17.9 Å². The third-order valence-corrected chi connectivity index (χ3v) is 5.87. The van der Waals surface area contributed by atoms with Gasteiger partial charge in [-0.25, -0.2) is 0 Å². The van der Waals surface area contributed by atoms with Gasteiger partial charge in [0.25, 0.3) is 0 Å². The predicted octanol–water partition coefficient (Wildman–Crippen LogP) is 5.25. The second-order valence-corrected chi connectivity index (χ2v) is 7.96. The Labute approximate surface area is 170 Å². The average molecular weight is 382 g/mol. The van der Waals surface area contributed by atoms with E-state index in [2.05, 4.69) is 26.0 Å². The summed E-state index contributed by atoms with van der Waals surface area (Å²) in [5, 5.41) is 10.8. The van der Waals surface area contributed by atoms with E-state index in [1.807, 2.05) is 62.5 Å². The van der Waals surface area contributed by atoms with Gasteiger partial charge in [0.2, 0.25) is 5.91 Å². The minimum atomic E-state index is -0.696. The van der Waals surface area contributed by atoms with Crippen LogP contribution < -0.4 is 0 Å². The number of likely N-dealkylation sites (N-methyl/N-ethyl adjacent to an activating group) is 1. The molecule has 2 aromatic rings. The highest BCUT2D eigenvalue weighted by Crippen LogP contribution is 2.27. The largest absolute Gasteiger partial charge is 0.386 e. The number of rotatable bonds is 10. The summed E-state index contributed by atoms with van der Waals surface area (Å²) in [6, 6.07) is 19.5. The lowest BCUT2D eigenvalue weighted by molar-refractivity contribution is -0.140. The topological polar surface area (TPSA) is 40.5 Å². The minimum absolute atomic E-state index is 0.0793. The highest BCUT2D eigenvalue weighted by Gasteiger charge is 2.32. The van der Waals surface area contributed by atoms with Gasteiger partial charge in [0, 0.05) is 13.0 Å².